The molecule has 20 heavy (non-hydrogen) atoms. The Labute approximate surface area is 124 Å². The van der Waals surface area contributed by atoms with Crippen molar-refractivity contribution < 1.29 is 5.11 Å². The molecule has 0 radical (unpaired) electrons. The second-order valence-corrected chi connectivity index (χ2v) is 6.90. The van der Waals surface area contributed by atoms with Crippen LogP contribution in [0.4, 0.5) is 5.69 Å². The first kappa shape index (κ1) is 15.3. The molecule has 1 aromatic heterocycles. The van der Waals surface area contributed by atoms with E-state index in [4.69, 9.17) is 11.6 Å². The van der Waals surface area contributed by atoms with Gasteiger partial charge in [0.15, 0.2) is 0 Å². The van der Waals surface area contributed by atoms with Gasteiger partial charge >= 0.3 is 0 Å². The van der Waals surface area contributed by atoms with E-state index in [2.05, 4.69) is 10.4 Å². The first-order chi connectivity index (χ1) is 9.23. The van der Waals surface area contributed by atoms with Crippen LogP contribution in [0.3, 0.4) is 0 Å². The highest BCUT2D eigenvalue weighted by Crippen LogP contribution is 2.42. The molecule has 0 aliphatic heterocycles. The highest BCUT2D eigenvalue weighted by Gasteiger charge is 2.47. The molecule has 1 saturated carbocycles. The third-order valence-corrected chi connectivity index (χ3v) is 4.43. The summed E-state index contributed by atoms with van der Waals surface area (Å²) >= 11 is 6.14. The van der Waals surface area contributed by atoms with Crippen molar-refractivity contribution >= 4 is 17.3 Å². The Hall–Kier alpha value is -1.07. The van der Waals surface area contributed by atoms with Crippen molar-refractivity contribution in [3.63, 3.8) is 0 Å². The minimum atomic E-state index is -0.326. The summed E-state index contributed by atoms with van der Waals surface area (Å²) in [6.45, 7) is 8.56. The highest BCUT2D eigenvalue weighted by atomic mass is 35.5. The summed E-state index contributed by atoms with van der Waals surface area (Å²) in [5.41, 5.74) is 0.0422. The quantitative estimate of drug-likeness (QED) is 0.894. The Morgan fingerprint density at radius 1 is 1.60 bits per heavy atom. The topological polar surface area (TPSA) is 67.2 Å². The molecule has 5 nitrogen and oxygen atoms in total. The SMILES string of the molecule is CC(C)Cn1ncc(NC2CC(O)C2(C)C)c(Cl)c1=O. The van der Waals surface area contributed by atoms with Crippen LogP contribution < -0.4 is 10.9 Å². The predicted octanol–water partition coefficient (Wildman–Crippen LogP) is 2.12. The molecule has 1 aliphatic carbocycles. The molecule has 2 N–H and O–H groups in total. The van der Waals surface area contributed by atoms with Crippen molar-refractivity contribution in [2.45, 2.75) is 52.8 Å². The number of aliphatic hydroxyl groups excluding tert-OH is 1. The van der Waals surface area contributed by atoms with Gasteiger partial charge in [-0.05, 0) is 12.3 Å². The fraction of sp³-hybridized carbons (Fsp3) is 0.714. The largest absolute Gasteiger partial charge is 0.392 e. The lowest BCUT2D eigenvalue weighted by Gasteiger charge is -2.49. The van der Waals surface area contributed by atoms with Gasteiger partial charge in [0.05, 0.1) is 18.0 Å². The number of nitrogens with one attached hydrogen (secondary N) is 1. The summed E-state index contributed by atoms with van der Waals surface area (Å²) in [7, 11) is 0. The van der Waals surface area contributed by atoms with Gasteiger partial charge in [-0.3, -0.25) is 4.79 Å². The zero-order valence-corrected chi connectivity index (χ0v) is 13.1. The van der Waals surface area contributed by atoms with Gasteiger partial charge in [-0.25, -0.2) is 4.68 Å². The Bertz CT molecular complexity index is 554. The molecule has 112 valence electrons. The Balaban J connectivity index is 2.19. The van der Waals surface area contributed by atoms with Gasteiger partial charge in [0.2, 0.25) is 0 Å². The van der Waals surface area contributed by atoms with E-state index >= 15 is 0 Å². The summed E-state index contributed by atoms with van der Waals surface area (Å²) in [6, 6.07) is 0.0946. The van der Waals surface area contributed by atoms with Crippen LogP contribution in [0.2, 0.25) is 5.02 Å². The van der Waals surface area contributed by atoms with E-state index in [1.54, 1.807) is 6.20 Å². The molecule has 0 bridgehead atoms. The number of anilines is 1. The molecule has 2 rings (SSSR count). The van der Waals surface area contributed by atoms with Gasteiger partial charge in [0.1, 0.15) is 5.02 Å². The number of aromatic nitrogens is 2. The second kappa shape index (κ2) is 5.37. The summed E-state index contributed by atoms with van der Waals surface area (Å²) < 4.78 is 1.39. The van der Waals surface area contributed by atoms with Crippen molar-refractivity contribution in [1.29, 1.82) is 0 Å². The number of nitrogens with zero attached hydrogens (tertiary/aromatic N) is 2. The molecule has 1 heterocycles. The summed E-state index contributed by atoms with van der Waals surface area (Å²) in [5.74, 6) is 0.329. The lowest BCUT2D eigenvalue weighted by Crippen LogP contribution is -2.57. The zero-order valence-electron chi connectivity index (χ0n) is 12.4. The van der Waals surface area contributed by atoms with Crippen molar-refractivity contribution in [3.05, 3.63) is 21.6 Å². The smallest absolute Gasteiger partial charge is 0.287 e. The maximum Gasteiger partial charge on any atom is 0.287 e. The molecule has 0 amide bonds. The Morgan fingerprint density at radius 2 is 2.25 bits per heavy atom. The predicted molar refractivity (Wildman–Crippen MR) is 80.2 cm³/mol. The van der Waals surface area contributed by atoms with Crippen LogP contribution in [0, 0.1) is 11.3 Å². The van der Waals surface area contributed by atoms with Gasteiger partial charge in [0, 0.05) is 18.0 Å². The molecule has 6 heteroatoms. The third kappa shape index (κ3) is 2.69. The van der Waals surface area contributed by atoms with E-state index in [0.29, 0.717) is 24.6 Å². The number of aliphatic hydroxyl groups is 1. The first-order valence-electron chi connectivity index (χ1n) is 6.93. The molecular formula is C14H22ClN3O2. The van der Waals surface area contributed by atoms with Gasteiger partial charge in [0.25, 0.3) is 5.56 Å². The lowest BCUT2D eigenvalue weighted by molar-refractivity contribution is -0.0510. The van der Waals surface area contributed by atoms with E-state index in [1.165, 1.54) is 4.68 Å². The average Bonchev–Trinajstić information content (AvgIpc) is 2.37. The summed E-state index contributed by atoms with van der Waals surface area (Å²) in [5, 5.41) is 17.3. The van der Waals surface area contributed by atoms with Crippen LogP contribution >= 0.6 is 11.6 Å². The Morgan fingerprint density at radius 3 is 2.75 bits per heavy atom. The normalized spacial score (nSPS) is 24.6. The van der Waals surface area contributed by atoms with Crippen LogP contribution in [0.15, 0.2) is 11.0 Å². The minimum absolute atomic E-state index is 0.0946. The van der Waals surface area contributed by atoms with Crippen LogP contribution in [0.1, 0.15) is 34.1 Å². The maximum absolute atomic E-state index is 12.1. The van der Waals surface area contributed by atoms with Crippen molar-refractivity contribution in [3.8, 4) is 0 Å². The molecule has 0 saturated heterocycles. The molecular weight excluding hydrogens is 278 g/mol. The fourth-order valence-corrected chi connectivity index (χ4v) is 2.58. The highest BCUT2D eigenvalue weighted by molar-refractivity contribution is 6.32. The van der Waals surface area contributed by atoms with E-state index in [-0.39, 0.29) is 28.1 Å². The number of halogens is 1. The fourth-order valence-electron chi connectivity index (χ4n) is 2.38. The standard InChI is InChI=1S/C14H22ClN3O2/c1-8(2)7-18-13(20)12(15)9(6-16-18)17-10-5-11(19)14(10,3)4/h6,8,10-11,17,19H,5,7H2,1-4H3. The number of hydrogen-bond donors (Lipinski definition) is 2. The van der Waals surface area contributed by atoms with Crippen molar-refractivity contribution in [2.24, 2.45) is 11.3 Å². The van der Waals surface area contributed by atoms with Gasteiger partial charge in [-0.15, -0.1) is 0 Å². The van der Waals surface area contributed by atoms with E-state index in [9.17, 15) is 9.90 Å². The van der Waals surface area contributed by atoms with Crippen LogP contribution in [-0.2, 0) is 6.54 Å². The van der Waals surface area contributed by atoms with Gasteiger partial charge in [-0.2, -0.15) is 5.10 Å². The molecule has 0 spiro atoms. The third-order valence-electron chi connectivity index (χ3n) is 4.07. The summed E-state index contributed by atoms with van der Waals surface area (Å²) in [6.07, 6.45) is 1.92. The minimum Gasteiger partial charge on any atom is -0.392 e. The maximum atomic E-state index is 12.1. The number of rotatable bonds is 4. The van der Waals surface area contributed by atoms with Gasteiger partial charge < -0.3 is 10.4 Å². The van der Waals surface area contributed by atoms with Crippen LogP contribution in [-0.4, -0.2) is 27.0 Å². The van der Waals surface area contributed by atoms with E-state index < -0.39 is 0 Å². The average molecular weight is 300 g/mol. The van der Waals surface area contributed by atoms with Crippen LogP contribution in [0.25, 0.3) is 0 Å². The molecule has 1 aliphatic rings. The first-order valence-corrected chi connectivity index (χ1v) is 7.31. The zero-order chi connectivity index (χ0) is 15.1. The summed E-state index contributed by atoms with van der Waals surface area (Å²) in [4.78, 5) is 12.1. The van der Waals surface area contributed by atoms with Crippen LogP contribution in [0.5, 0.6) is 0 Å². The Kier molecular flexibility index (Phi) is 4.12. The number of hydrogen-bond acceptors (Lipinski definition) is 4. The van der Waals surface area contributed by atoms with E-state index in [0.717, 1.165) is 0 Å². The van der Waals surface area contributed by atoms with Crippen molar-refractivity contribution in [1.82, 2.24) is 9.78 Å². The molecule has 2 atom stereocenters. The van der Waals surface area contributed by atoms with Gasteiger partial charge in [-0.1, -0.05) is 39.3 Å². The monoisotopic (exact) mass is 299 g/mol. The second-order valence-electron chi connectivity index (χ2n) is 6.52. The lowest BCUT2D eigenvalue weighted by atomic mass is 9.64. The molecule has 1 aromatic rings. The van der Waals surface area contributed by atoms with Crippen molar-refractivity contribution in [2.75, 3.05) is 5.32 Å². The molecule has 0 aromatic carbocycles. The van der Waals surface area contributed by atoms with E-state index in [1.807, 2.05) is 27.7 Å². The molecule has 2 unspecified atom stereocenters. The molecule has 1 fully saturated rings.